The summed E-state index contributed by atoms with van der Waals surface area (Å²) in [5.41, 5.74) is -0.905. The number of carbonyl (C=O) groups is 1. The molecule has 3 nitrogen and oxygen atoms in total. The first-order chi connectivity index (χ1) is 8.48. The zero-order valence-electron chi connectivity index (χ0n) is 9.84. The van der Waals surface area contributed by atoms with Crippen molar-refractivity contribution in [3.63, 3.8) is 0 Å². The molecule has 0 atom stereocenters. The minimum Gasteiger partial charge on any atom is -0.321 e. The highest BCUT2D eigenvalue weighted by Gasteiger charge is 2.49. The summed E-state index contributed by atoms with van der Waals surface area (Å²) in [6.07, 6.45) is 1.06. The number of hydrogen-bond donors (Lipinski definition) is 1. The van der Waals surface area contributed by atoms with Crippen LogP contribution in [0.4, 0.5) is 10.1 Å². The van der Waals surface area contributed by atoms with E-state index in [2.05, 4.69) is 27.3 Å². The standard InChI is InChI=1S/C13H12BrFN2O/c1-8-5-13(6-8,7-16)12(18)17-11-9(14)3-2-4-10(11)15/h2-4,8H,5-6H2,1H3,(H,17,18). The van der Waals surface area contributed by atoms with Crippen molar-refractivity contribution < 1.29 is 9.18 Å². The monoisotopic (exact) mass is 310 g/mol. The largest absolute Gasteiger partial charge is 0.321 e. The molecule has 1 aliphatic rings. The van der Waals surface area contributed by atoms with Gasteiger partial charge < -0.3 is 5.32 Å². The van der Waals surface area contributed by atoms with Crippen LogP contribution in [0.1, 0.15) is 19.8 Å². The van der Waals surface area contributed by atoms with Gasteiger partial charge in [0.25, 0.3) is 0 Å². The van der Waals surface area contributed by atoms with E-state index in [1.165, 1.54) is 6.07 Å². The van der Waals surface area contributed by atoms with Gasteiger partial charge in [0, 0.05) is 4.47 Å². The minimum absolute atomic E-state index is 0.0941. The minimum atomic E-state index is -0.999. The lowest BCUT2D eigenvalue weighted by molar-refractivity contribution is -0.128. The van der Waals surface area contributed by atoms with Crippen molar-refractivity contribution in [3.8, 4) is 6.07 Å². The number of rotatable bonds is 2. The SMILES string of the molecule is CC1CC(C#N)(C(=O)Nc2c(F)cccc2Br)C1. The Hall–Kier alpha value is -1.41. The molecular weight excluding hydrogens is 299 g/mol. The molecule has 1 aromatic carbocycles. The summed E-state index contributed by atoms with van der Waals surface area (Å²) < 4.78 is 14.0. The van der Waals surface area contributed by atoms with Crippen LogP contribution in [0.15, 0.2) is 22.7 Å². The van der Waals surface area contributed by atoms with E-state index in [4.69, 9.17) is 5.26 Å². The Bertz CT molecular complexity index is 512. The topological polar surface area (TPSA) is 52.9 Å². The van der Waals surface area contributed by atoms with Gasteiger partial charge in [0.15, 0.2) is 0 Å². The second-order valence-electron chi connectivity index (χ2n) is 4.76. The fraction of sp³-hybridized carbons (Fsp3) is 0.385. The first-order valence-electron chi connectivity index (χ1n) is 5.65. The first kappa shape index (κ1) is 13.0. The van der Waals surface area contributed by atoms with Gasteiger partial charge in [0.05, 0.1) is 11.8 Å². The quantitative estimate of drug-likeness (QED) is 0.909. The van der Waals surface area contributed by atoms with Gasteiger partial charge in [-0.15, -0.1) is 0 Å². The molecule has 1 amide bonds. The number of hydrogen-bond acceptors (Lipinski definition) is 2. The lowest BCUT2D eigenvalue weighted by Gasteiger charge is -2.39. The number of halogens is 2. The zero-order chi connectivity index (χ0) is 13.3. The number of anilines is 1. The smallest absolute Gasteiger partial charge is 0.244 e. The van der Waals surface area contributed by atoms with Crippen molar-refractivity contribution in [1.29, 1.82) is 5.26 Å². The normalized spacial score (nSPS) is 26.0. The molecule has 0 unspecified atom stereocenters. The summed E-state index contributed by atoms with van der Waals surface area (Å²) in [4.78, 5) is 12.1. The van der Waals surface area contributed by atoms with Gasteiger partial charge in [-0.25, -0.2) is 4.39 Å². The van der Waals surface area contributed by atoms with Crippen molar-refractivity contribution in [2.24, 2.45) is 11.3 Å². The Morgan fingerprint density at radius 2 is 2.28 bits per heavy atom. The number of para-hydroxylation sites is 1. The number of amides is 1. The van der Waals surface area contributed by atoms with E-state index in [-0.39, 0.29) is 5.69 Å². The van der Waals surface area contributed by atoms with Crippen LogP contribution in [-0.4, -0.2) is 5.91 Å². The Labute approximate surface area is 113 Å². The molecule has 2 rings (SSSR count). The molecule has 1 fully saturated rings. The maximum Gasteiger partial charge on any atom is 0.244 e. The summed E-state index contributed by atoms with van der Waals surface area (Å²) in [5, 5.41) is 11.6. The highest BCUT2D eigenvalue weighted by Crippen LogP contribution is 2.46. The summed E-state index contributed by atoms with van der Waals surface area (Å²) in [5.74, 6) is -0.577. The van der Waals surface area contributed by atoms with Crippen LogP contribution in [-0.2, 0) is 4.79 Å². The summed E-state index contributed by atoms with van der Waals surface area (Å²) in [6, 6.07) is 6.50. The predicted octanol–water partition coefficient (Wildman–Crippen LogP) is 3.47. The van der Waals surface area contributed by atoms with Gasteiger partial charge in [-0.05, 0) is 46.8 Å². The molecule has 1 aromatic rings. The molecular formula is C13H12BrFN2O. The second-order valence-corrected chi connectivity index (χ2v) is 5.61. The fourth-order valence-electron chi connectivity index (χ4n) is 2.31. The molecule has 0 radical (unpaired) electrons. The molecule has 18 heavy (non-hydrogen) atoms. The van der Waals surface area contributed by atoms with Crippen LogP contribution in [0.2, 0.25) is 0 Å². The van der Waals surface area contributed by atoms with Crippen molar-refractivity contribution in [3.05, 3.63) is 28.5 Å². The van der Waals surface area contributed by atoms with Gasteiger partial charge in [0.1, 0.15) is 11.2 Å². The molecule has 0 spiro atoms. The third-order valence-corrected chi connectivity index (χ3v) is 3.90. The van der Waals surface area contributed by atoms with Crippen LogP contribution < -0.4 is 5.32 Å². The summed E-state index contributed by atoms with van der Waals surface area (Å²) >= 11 is 3.18. The maximum absolute atomic E-state index is 13.6. The lowest BCUT2D eigenvalue weighted by atomic mass is 9.63. The van der Waals surface area contributed by atoms with Gasteiger partial charge >= 0.3 is 0 Å². The predicted molar refractivity (Wildman–Crippen MR) is 69.2 cm³/mol. The lowest BCUT2D eigenvalue weighted by Crippen LogP contribution is -2.45. The third-order valence-electron chi connectivity index (χ3n) is 3.24. The summed E-state index contributed by atoms with van der Waals surface area (Å²) in [7, 11) is 0. The molecule has 0 heterocycles. The zero-order valence-corrected chi connectivity index (χ0v) is 11.4. The van der Waals surface area contributed by atoms with Gasteiger partial charge in [-0.1, -0.05) is 13.0 Å². The van der Waals surface area contributed by atoms with Crippen LogP contribution in [0.3, 0.4) is 0 Å². The number of nitriles is 1. The maximum atomic E-state index is 13.6. The van der Waals surface area contributed by atoms with E-state index < -0.39 is 17.1 Å². The Morgan fingerprint density at radius 3 is 2.78 bits per heavy atom. The Balaban J connectivity index is 2.20. The van der Waals surface area contributed by atoms with E-state index in [9.17, 15) is 9.18 Å². The second kappa shape index (κ2) is 4.69. The molecule has 0 saturated heterocycles. The van der Waals surface area contributed by atoms with Gasteiger partial charge in [-0.3, -0.25) is 4.79 Å². The molecule has 94 valence electrons. The van der Waals surface area contributed by atoms with E-state index >= 15 is 0 Å². The first-order valence-corrected chi connectivity index (χ1v) is 6.44. The number of nitrogens with zero attached hydrogens (tertiary/aromatic N) is 1. The third kappa shape index (κ3) is 2.13. The summed E-state index contributed by atoms with van der Waals surface area (Å²) in [6.45, 7) is 1.99. The molecule has 5 heteroatoms. The van der Waals surface area contributed by atoms with Crippen LogP contribution in [0, 0.1) is 28.5 Å². The van der Waals surface area contributed by atoms with Crippen molar-refractivity contribution in [2.45, 2.75) is 19.8 Å². The number of carbonyl (C=O) groups excluding carboxylic acids is 1. The van der Waals surface area contributed by atoms with Crippen molar-refractivity contribution >= 4 is 27.5 Å². The van der Waals surface area contributed by atoms with Gasteiger partial charge in [-0.2, -0.15) is 5.26 Å². The average molecular weight is 311 g/mol. The van der Waals surface area contributed by atoms with Gasteiger partial charge in [0.2, 0.25) is 5.91 Å². The Morgan fingerprint density at radius 1 is 1.61 bits per heavy atom. The molecule has 1 saturated carbocycles. The fourth-order valence-corrected chi connectivity index (χ4v) is 2.75. The van der Waals surface area contributed by atoms with E-state index in [1.54, 1.807) is 12.1 Å². The molecule has 0 aliphatic heterocycles. The molecule has 0 aromatic heterocycles. The van der Waals surface area contributed by atoms with Crippen molar-refractivity contribution in [1.82, 2.24) is 0 Å². The van der Waals surface area contributed by atoms with E-state index in [1.807, 2.05) is 6.92 Å². The molecule has 0 bridgehead atoms. The van der Waals surface area contributed by atoms with Crippen LogP contribution >= 0.6 is 15.9 Å². The number of benzene rings is 1. The molecule has 1 aliphatic carbocycles. The highest BCUT2D eigenvalue weighted by atomic mass is 79.9. The van der Waals surface area contributed by atoms with Crippen molar-refractivity contribution in [2.75, 3.05) is 5.32 Å². The Kier molecular flexibility index (Phi) is 3.40. The highest BCUT2D eigenvalue weighted by molar-refractivity contribution is 9.10. The average Bonchev–Trinajstić information content (AvgIpc) is 2.29. The van der Waals surface area contributed by atoms with Crippen LogP contribution in [0.5, 0.6) is 0 Å². The molecule has 1 N–H and O–H groups in total. The number of nitrogens with one attached hydrogen (secondary N) is 1. The van der Waals surface area contributed by atoms with E-state index in [0.717, 1.165) is 0 Å². The van der Waals surface area contributed by atoms with E-state index in [0.29, 0.717) is 23.2 Å². The van der Waals surface area contributed by atoms with Crippen LogP contribution in [0.25, 0.3) is 0 Å².